The van der Waals surface area contributed by atoms with Crippen molar-refractivity contribution in [1.82, 2.24) is 4.90 Å². The maximum absolute atomic E-state index is 11.8. The van der Waals surface area contributed by atoms with E-state index in [1.807, 2.05) is 12.2 Å². The molecule has 1 fully saturated rings. The molecule has 2 rings (SSSR count). The number of rotatable bonds is 2. The largest absolute Gasteiger partial charge is 0.396 e. The average Bonchev–Trinajstić information content (AvgIpc) is 2.46. The van der Waals surface area contributed by atoms with Gasteiger partial charge < -0.3 is 5.11 Å². The summed E-state index contributed by atoms with van der Waals surface area (Å²) in [6, 6.07) is 0. The Morgan fingerprint density at radius 2 is 2.43 bits per heavy atom. The maximum atomic E-state index is 11.8. The van der Waals surface area contributed by atoms with Gasteiger partial charge in [0.1, 0.15) is 0 Å². The number of aliphatic hydroxyl groups excluding tert-OH is 1. The Morgan fingerprint density at radius 3 is 3.14 bits per heavy atom. The number of amides is 2. The molecule has 1 saturated heterocycles. The van der Waals surface area contributed by atoms with Crippen LogP contribution in [0.1, 0.15) is 6.42 Å². The Kier molecular flexibility index (Phi) is 1.87. The summed E-state index contributed by atoms with van der Waals surface area (Å²) in [6.07, 6.45) is 4.39. The zero-order chi connectivity index (χ0) is 11.0. The molecule has 1 aliphatic carbocycles. The van der Waals surface area contributed by atoms with Gasteiger partial charge in [-0.05, 0) is 6.42 Å². The molecule has 0 aromatic rings. The molecule has 0 saturated carbocycles. The quantitative estimate of drug-likeness (QED) is 0.492. The standard InChI is InChI=1S/C10H13NO3/c1-11-9(13)7-4-2-3-6(5-12)8(7)10(11)14/h2-3,6-8,12H,4-5H2,1H3/i12T. The van der Waals surface area contributed by atoms with Gasteiger partial charge in [-0.1, -0.05) is 12.2 Å². The van der Waals surface area contributed by atoms with Crippen LogP contribution in [-0.4, -0.2) is 36.9 Å². The number of fused-ring (bicyclic) bond motifs is 1. The van der Waals surface area contributed by atoms with Crippen molar-refractivity contribution in [2.45, 2.75) is 6.42 Å². The van der Waals surface area contributed by atoms with Gasteiger partial charge in [-0.25, -0.2) is 0 Å². The van der Waals surface area contributed by atoms with Crippen LogP contribution in [0.5, 0.6) is 0 Å². The van der Waals surface area contributed by atoms with E-state index in [0.29, 0.717) is 6.42 Å². The highest BCUT2D eigenvalue weighted by molar-refractivity contribution is 6.05. The topological polar surface area (TPSA) is 57.6 Å². The van der Waals surface area contributed by atoms with Crippen LogP contribution in [0.4, 0.5) is 0 Å². The number of aliphatic hydroxyl groups is 1. The Balaban J connectivity index is 2.26. The lowest BCUT2D eigenvalue weighted by Crippen LogP contribution is -2.30. The molecule has 1 aliphatic heterocycles. The van der Waals surface area contributed by atoms with E-state index in [-0.39, 0.29) is 36.2 Å². The van der Waals surface area contributed by atoms with E-state index in [4.69, 9.17) is 1.43 Å². The van der Waals surface area contributed by atoms with Crippen molar-refractivity contribution in [2.24, 2.45) is 17.8 Å². The van der Waals surface area contributed by atoms with Crippen molar-refractivity contribution in [3.05, 3.63) is 12.2 Å². The van der Waals surface area contributed by atoms with Gasteiger partial charge in [-0.15, -0.1) is 0 Å². The summed E-state index contributed by atoms with van der Waals surface area (Å²) in [5, 5.41) is 4.33. The molecule has 0 aromatic carbocycles. The zero-order valence-corrected chi connectivity index (χ0v) is 7.97. The second-order valence-corrected chi connectivity index (χ2v) is 3.86. The van der Waals surface area contributed by atoms with Crippen LogP contribution in [0.2, 0.25) is 0 Å². The van der Waals surface area contributed by atoms with E-state index in [9.17, 15) is 9.59 Å². The molecule has 4 heteroatoms. The Labute approximate surface area is 83.7 Å². The van der Waals surface area contributed by atoms with Crippen LogP contribution in [0.15, 0.2) is 12.2 Å². The molecule has 0 radical (unpaired) electrons. The van der Waals surface area contributed by atoms with Crippen LogP contribution in [-0.2, 0) is 9.59 Å². The van der Waals surface area contributed by atoms with Crippen molar-refractivity contribution < 1.29 is 14.7 Å². The third-order valence-corrected chi connectivity index (χ3v) is 3.12. The number of allylic oxidation sites excluding steroid dienone is 1. The average molecular weight is 197 g/mol. The first-order valence-electron chi connectivity index (χ1n) is 5.14. The van der Waals surface area contributed by atoms with E-state index >= 15 is 0 Å². The Hall–Kier alpha value is -1.16. The second kappa shape index (κ2) is 3.20. The maximum Gasteiger partial charge on any atom is 0.233 e. The summed E-state index contributed by atoms with van der Waals surface area (Å²) >= 11 is 0. The van der Waals surface area contributed by atoms with E-state index < -0.39 is 0 Å². The first kappa shape index (κ1) is 8.17. The van der Waals surface area contributed by atoms with Crippen LogP contribution in [0.3, 0.4) is 0 Å². The smallest absolute Gasteiger partial charge is 0.233 e. The van der Waals surface area contributed by atoms with Crippen molar-refractivity contribution in [1.29, 1.82) is 1.43 Å². The lowest BCUT2D eigenvalue weighted by molar-refractivity contribution is -0.138. The van der Waals surface area contributed by atoms with E-state index in [1.165, 1.54) is 11.9 Å². The van der Waals surface area contributed by atoms with Crippen molar-refractivity contribution >= 4 is 11.8 Å². The second-order valence-electron chi connectivity index (χ2n) is 3.86. The fraction of sp³-hybridized carbons (Fsp3) is 0.600. The van der Waals surface area contributed by atoms with Gasteiger partial charge >= 0.3 is 0 Å². The van der Waals surface area contributed by atoms with Gasteiger partial charge in [0.15, 0.2) is 0 Å². The lowest BCUT2D eigenvalue weighted by Gasteiger charge is -2.23. The van der Waals surface area contributed by atoms with E-state index in [2.05, 4.69) is 5.11 Å². The van der Waals surface area contributed by atoms with Gasteiger partial charge in [-0.3, -0.25) is 14.5 Å². The highest BCUT2D eigenvalue weighted by Crippen LogP contribution is 2.37. The third kappa shape index (κ3) is 1.10. The molecule has 14 heavy (non-hydrogen) atoms. The van der Waals surface area contributed by atoms with Gasteiger partial charge in [0.05, 0.1) is 18.4 Å². The summed E-state index contributed by atoms with van der Waals surface area (Å²) in [4.78, 5) is 24.7. The predicted molar refractivity (Wildman–Crippen MR) is 49.1 cm³/mol. The molecular formula is C10H13NO3. The molecule has 1 N–H and O–H groups in total. The van der Waals surface area contributed by atoms with Gasteiger partial charge in [0.25, 0.3) is 0 Å². The minimum atomic E-state index is -0.321. The highest BCUT2D eigenvalue weighted by Gasteiger charge is 2.49. The van der Waals surface area contributed by atoms with Crippen molar-refractivity contribution in [3.63, 3.8) is 0 Å². The molecule has 4 nitrogen and oxygen atoms in total. The molecule has 2 amide bonds. The summed E-state index contributed by atoms with van der Waals surface area (Å²) in [6.45, 7) is 0.171. The number of hydrogen-bond acceptors (Lipinski definition) is 3. The normalized spacial score (nSPS) is 37.4. The SMILES string of the molecule is [3H]OCC1C=CCC2C(=O)N(C)C(=O)C12. The molecule has 0 spiro atoms. The molecule has 0 bridgehead atoms. The van der Waals surface area contributed by atoms with Crippen LogP contribution in [0.25, 0.3) is 0 Å². The number of nitrogens with zero attached hydrogens (tertiary/aromatic N) is 1. The minimum absolute atomic E-state index is 0.107. The minimum Gasteiger partial charge on any atom is -0.396 e. The lowest BCUT2D eigenvalue weighted by atomic mass is 9.78. The number of imide groups is 1. The highest BCUT2D eigenvalue weighted by atomic mass is 16.3. The number of likely N-dealkylation sites (tertiary alicyclic amines) is 1. The van der Waals surface area contributed by atoms with Crippen molar-refractivity contribution in [2.75, 3.05) is 13.7 Å². The molecule has 3 unspecified atom stereocenters. The monoisotopic (exact) mass is 197 g/mol. The molecule has 76 valence electrons. The molecule has 1 heterocycles. The van der Waals surface area contributed by atoms with Crippen LogP contribution in [0, 0.1) is 17.8 Å². The Bertz CT molecular complexity index is 329. The number of hydrogen-bond donors (Lipinski definition) is 1. The summed E-state index contributed by atoms with van der Waals surface area (Å²) in [7, 11) is 1.52. The van der Waals surface area contributed by atoms with Crippen LogP contribution >= 0.6 is 0 Å². The summed E-state index contributed by atoms with van der Waals surface area (Å²) in [5.41, 5.74) is 0. The molecule has 0 aromatic heterocycles. The third-order valence-electron chi connectivity index (χ3n) is 3.12. The zero-order valence-electron chi connectivity index (χ0n) is 8.97. The first-order chi connectivity index (χ1) is 7.16. The summed E-state index contributed by atoms with van der Waals surface area (Å²) < 4.78 is 6.71. The molecule has 3 atom stereocenters. The van der Waals surface area contributed by atoms with E-state index in [1.54, 1.807) is 0 Å². The van der Waals surface area contributed by atoms with E-state index in [0.717, 1.165) is 0 Å². The number of carbonyl (C=O) groups is 2. The van der Waals surface area contributed by atoms with Gasteiger partial charge in [0, 0.05) is 13.0 Å². The Morgan fingerprint density at radius 1 is 1.64 bits per heavy atom. The van der Waals surface area contributed by atoms with Crippen LogP contribution < -0.4 is 0 Å². The number of carbonyl (C=O) groups excluding carboxylic acids is 2. The predicted octanol–water partition coefficient (Wildman–Crippen LogP) is -0.214. The summed E-state index contributed by atoms with van der Waals surface area (Å²) in [5.74, 6) is -0.950. The van der Waals surface area contributed by atoms with Gasteiger partial charge in [-0.2, -0.15) is 0 Å². The molecular weight excluding hydrogens is 182 g/mol. The first-order valence-corrected chi connectivity index (χ1v) is 4.73. The molecule has 2 aliphatic rings. The van der Waals surface area contributed by atoms with Gasteiger partial charge in [0.2, 0.25) is 13.2 Å². The fourth-order valence-electron chi connectivity index (χ4n) is 2.31. The van der Waals surface area contributed by atoms with Crippen molar-refractivity contribution in [3.8, 4) is 0 Å². The fourth-order valence-corrected chi connectivity index (χ4v) is 2.31.